The van der Waals surface area contributed by atoms with Gasteiger partial charge in [-0.15, -0.1) is 11.3 Å². The summed E-state index contributed by atoms with van der Waals surface area (Å²) in [5, 5.41) is 12.9. The molecule has 1 amide bonds. The maximum Gasteiger partial charge on any atom is 0.295 e. The number of Topliss-reactive ketones (excluding diaryl/α,β-unsaturated/α-hetero) is 1. The predicted molar refractivity (Wildman–Crippen MR) is 115 cm³/mol. The standard InChI is InChI=1S/C23H26FNO4S/c1-13(2)29-10-5-9-25-19(22-14(3)8-11-30-22)18(21(27)23(25)28)20(26)16-6-7-17(24)15(4)12-16/h6-8,11-13,19,26H,5,9-10H2,1-4H3/b20-18-. The number of carbonyl (C=O) groups is 2. The largest absolute Gasteiger partial charge is 0.507 e. The maximum atomic E-state index is 13.7. The molecule has 1 fully saturated rings. The minimum Gasteiger partial charge on any atom is -0.507 e. The first kappa shape index (κ1) is 22.2. The summed E-state index contributed by atoms with van der Waals surface area (Å²) in [7, 11) is 0. The number of halogens is 1. The van der Waals surface area contributed by atoms with E-state index in [1.165, 1.54) is 34.4 Å². The minimum atomic E-state index is -0.725. The van der Waals surface area contributed by atoms with Crippen LogP contribution in [-0.4, -0.2) is 41.0 Å². The second-order valence-electron chi connectivity index (χ2n) is 7.70. The third-order valence-electron chi connectivity index (χ3n) is 5.12. The number of amides is 1. The Hall–Kier alpha value is -2.51. The van der Waals surface area contributed by atoms with Crippen LogP contribution in [0.25, 0.3) is 5.76 Å². The summed E-state index contributed by atoms with van der Waals surface area (Å²) in [4.78, 5) is 28.1. The van der Waals surface area contributed by atoms with Crippen molar-refractivity contribution in [3.63, 3.8) is 0 Å². The Kier molecular flexibility index (Phi) is 6.73. The molecule has 1 aliphatic rings. The van der Waals surface area contributed by atoms with Gasteiger partial charge < -0.3 is 14.7 Å². The highest BCUT2D eigenvalue weighted by Gasteiger charge is 2.46. The summed E-state index contributed by atoms with van der Waals surface area (Å²) < 4.78 is 19.2. The van der Waals surface area contributed by atoms with E-state index in [0.29, 0.717) is 30.7 Å². The topological polar surface area (TPSA) is 66.8 Å². The van der Waals surface area contributed by atoms with Crippen LogP contribution in [0.4, 0.5) is 4.39 Å². The van der Waals surface area contributed by atoms with E-state index >= 15 is 0 Å². The number of likely N-dealkylation sites (tertiary alicyclic amines) is 1. The van der Waals surface area contributed by atoms with Crippen molar-refractivity contribution in [3.8, 4) is 0 Å². The monoisotopic (exact) mass is 431 g/mol. The number of benzene rings is 1. The van der Waals surface area contributed by atoms with Gasteiger partial charge in [-0.2, -0.15) is 0 Å². The fourth-order valence-corrected chi connectivity index (χ4v) is 4.60. The highest BCUT2D eigenvalue weighted by Crippen LogP contribution is 2.42. The number of aryl methyl sites for hydroxylation is 2. The number of hydrogen-bond acceptors (Lipinski definition) is 5. The zero-order valence-corrected chi connectivity index (χ0v) is 18.4. The lowest BCUT2D eigenvalue weighted by atomic mass is 9.97. The van der Waals surface area contributed by atoms with E-state index in [1.807, 2.05) is 32.2 Å². The minimum absolute atomic E-state index is 0.0429. The normalized spacial score (nSPS) is 18.6. The summed E-state index contributed by atoms with van der Waals surface area (Å²) in [5.74, 6) is -2.05. The van der Waals surface area contributed by atoms with Crippen LogP contribution in [0.5, 0.6) is 0 Å². The summed E-state index contributed by atoms with van der Waals surface area (Å²) >= 11 is 1.44. The third kappa shape index (κ3) is 4.32. The van der Waals surface area contributed by atoms with E-state index in [9.17, 15) is 19.1 Å². The fourth-order valence-electron chi connectivity index (χ4n) is 3.55. The first-order chi connectivity index (χ1) is 14.2. The molecule has 2 heterocycles. The predicted octanol–water partition coefficient (Wildman–Crippen LogP) is 4.74. The van der Waals surface area contributed by atoms with Crippen molar-refractivity contribution >= 4 is 28.8 Å². The Bertz CT molecular complexity index is 995. The average molecular weight is 432 g/mol. The molecular formula is C23H26FNO4S. The van der Waals surface area contributed by atoms with Crippen LogP contribution in [0.3, 0.4) is 0 Å². The molecule has 7 heteroatoms. The second-order valence-corrected chi connectivity index (χ2v) is 8.65. The van der Waals surface area contributed by atoms with Crippen molar-refractivity contribution in [1.29, 1.82) is 0 Å². The Morgan fingerprint density at radius 3 is 2.57 bits per heavy atom. The Labute approximate surface area is 179 Å². The third-order valence-corrected chi connectivity index (χ3v) is 6.19. The molecule has 3 rings (SSSR count). The highest BCUT2D eigenvalue weighted by atomic mass is 32.1. The number of thiophene rings is 1. The van der Waals surface area contributed by atoms with Gasteiger partial charge in [0.2, 0.25) is 0 Å². The molecule has 1 N–H and O–H groups in total. The number of aliphatic hydroxyl groups is 1. The number of aliphatic hydroxyl groups excluding tert-OH is 1. The lowest BCUT2D eigenvalue weighted by Crippen LogP contribution is -2.31. The molecule has 1 unspecified atom stereocenters. The van der Waals surface area contributed by atoms with E-state index in [-0.39, 0.29) is 17.4 Å². The molecule has 160 valence electrons. The van der Waals surface area contributed by atoms with Gasteiger partial charge in [0, 0.05) is 23.6 Å². The summed E-state index contributed by atoms with van der Waals surface area (Å²) in [6.07, 6.45) is 0.652. The lowest BCUT2D eigenvalue weighted by Gasteiger charge is -2.25. The van der Waals surface area contributed by atoms with Gasteiger partial charge in [0.25, 0.3) is 11.7 Å². The first-order valence-electron chi connectivity index (χ1n) is 9.93. The summed E-state index contributed by atoms with van der Waals surface area (Å²) in [6.45, 7) is 8.17. The van der Waals surface area contributed by atoms with Crippen LogP contribution >= 0.6 is 11.3 Å². The number of carbonyl (C=O) groups excluding carboxylic acids is 2. The van der Waals surface area contributed by atoms with E-state index < -0.39 is 23.5 Å². The van der Waals surface area contributed by atoms with E-state index in [4.69, 9.17) is 4.74 Å². The second kappa shape index (κ2) is 9.10. The number of rotatable bonds is 7. The molecule has 0 bridgehead atoms. The van der Waals surface area contributed by atoms with Crippen molar-refractivity contribution in [2.75, 3.05) is 13.2 Å². The van der Waals surface area contributed by atoms with Crippen LogP contribution < -0.4 is 0 Å². The van der Waals surface area contributed by atoms with Crippen LogP contribution in [-0.2, 0) is 14.3 Å². The Morgan fingerprint density at radius 2 is 1.97 bits per heavy atom. The number of hydrogen-bond donors (Lipinski definition) is 1. The van der Waals surface area contributed by atoms with Gasteiger partial charge in [-0.05, 0) is 74.9 Å². The molecule has 1 atom stereocenters. The Morgan fingerprint density at radius 1 is 1.23 bits per heavy atom. The SMILES string of the molecule is Cc1cc(/C(O)=C2/C(=O)C(=O)N(CCCOC(C)C)C2c2sccc2C)ccc1F. The maximum absolute atomic E-state index is 13.7. The van der Waals surface area contributed by atoms with Crippen molar-refractivity contribution in [2.45, 2.75) is 46.3 Å². The van der Waals surface area contributed by atoms with Crippen molar-refractivity contribution in [2.24, 2.45) is 0 Å². The first-order valence-corrected chi connectivity index (χ1v) is 10.8. The fraction of sp³-hybridized carbons (Fsp3) is 0.391. The van der Waals surface area contributed by atoms with E-state index in [0.717, 1.165) is 10.4 Å². The molecule has 30 heavy (non-hydrogen) atoms. The van der Waals surface area contributed by atoms with Crippen molar-refractivity contribution < 1.29 is 23.8 Å². The molecule has 1 aliphatic heterocycles. The summed E-state index contributed by atoms with van der Waals surface area (Å²) in [6, 6.07) is 5.39. The molecule has 1 aromatic carbocycles. The molecule has 1 saturated heterocycles. The molecule has 0 aliphatic carbocycles. The Balaban J connectivity index is 2.04. The average Bonchev–Trinajstić information content (AvgIpc) is 3.22. The lowest BCUT2D eigenvalue weighted by molar-refractivity contribution is -0.140. The quantitative estimate of drug-likeness (QED) is 0.298. The van der Waals surface area contributed by atoms with Gasteiger partial charge in [0.05, 0.1) is 17.7 Å². The molecule has 1 aromatic heterocycles. The highest BCUT2D eigenvalue weighted by molar-refractivity contribution is 7.10. The zero-order valence-electron chi connectivity index (χ0n) is 17.6. The molecule has 0 radical (unpaired) electrons. The van der Waals surface area contributed by atoms with Crippen LogP contribution in [0.15, 0.2) is 35.2 Å². The molecule has 5 nitrogen and oxygen atoms in total. The smallest absolute Gasteiger partial charge is 0.295 e. The number of ketones is 1. The number of ether oxygens (including phenoxy) is 1. The molecular weight excluding hydrogens is 405 g/mol. The van der Waals surface area contributed by atoms with Gasteiger partial charge in [-0.25, -0.2) is 4.39 Å². The van der Waals surface area contributed by atoms with Gasteiger partial charge in [-0.3, -0.25) is 9.59 Å². The van der Waals surface area contributed by atoms with Crippen molar-refractivity contribution in [3.05, 3.63) is 62.6 Å². The summed E-state index contributed by atoms with van der Waals surface area (Å²) in [5.41, 5.74) is 1.65. The zero-order chi connectivity index (χ0) is 22.0. The van der Waals surface area contributed by atoms with Gasteiger partial charge in [0.15, 0.2) is 0 Å². The van der Waals surface area contributed by atoms with Crippen LogP contribution in [0, 0.1) is 19.7 Å². The van der Waals surface area contributed by atoms with Gasteiger partial charge >= 0.3 is 0 Å². The molecule has 0 spiro atoms. The van der Waals surface area contributed by atoms with E-state index in [1.54, 1.807) is 6.92 Å². The van der Waals surface area contributed by atoms with Gasteiger partial charge in [-0.1, -0.05) is 0 Å². The molecule has 0 saturated carbocycles. The number of nitrogens with zero attached hydrogens (tertiary/aromatic N) is 1. The van der Waals surface area contributed by atoms with Crippen LogP contribution in [0.2, 0.25) is 0 Å². The van der Waals surface area contributed by atoms with E-state index in [2.05, 4.69) is 0 Å². The van der Waals surface area contributed by atoms with Crippen molar-refractivity contribution in [1.82, 2.24) is 4.90 Å². The van der Waals surface area contributed by atoms with Gasteiger partial charge in [0.1, 0.15) is 11.6 Å². The molecule has 2 aromatic rings. The van der Waals surface area contributed by atoms with Crippen LogP contribution in [0.1, 0.15) is 47.9 Å².